The minimum absolute atomic E-state index is 0.255. The number of rotatable bonds is 8. The average molecular weight is 372 g/mol. The lowest BCUT2D eigenvalue weighted by Crippen LogP contribution is -2.37. The van der Waals surface area contributed by atoms with Gasteiger partial charge in [0, 0.05) is 33.4 Å². The van der Waals surface area contributed by atoms with Crippen molar-refractivity contribution in [1.82, 2.24) is 10.6 Å². The summed E-state index contributed by atoms with van der Waals surface area (Å²) in [7, 11) is 1.72. The van der Waals surface area contributed by atoms with E-state index in [1.165, 1.54) is 18.9 Å². The third kappa shape index (κ3) is 6.32. The van der Waals surface area contributed by atoms with E-state index in [1.54, 1.807) is 13.1 Å². The molecular weight excluding hydrogens is 349 g/mol. The molecule has 2 N–H and O–H groups in total. The summed E-state index contributed by atoms with van der Waals surface area (Å²) < 4.78 is 19.5. The number of benzene rings is 1. The van der Waals surface area contributed by atoms with Crippen LogP contribution in [0.3, 0.4) is 0 Å². The minimum atomic E-state index is -0.255. The molecule has 6 heteroatoms. The zero-order valence-corrected chi connectivity index (χ0v) is 14.5. The Morgan fingerprint density at radius 2 is 2.23 bits per heavy atom. The quantitative estimate of drug-likeness (QED) is 0.419. The number of hydrogen-bond donors (Lipinski definition) is 2. The number of ether oxygens (including phenoxy) is 1. The van der Waals surface area contributed by atoms with Crippen molar-refractivity contribution in [3.05, 3.63) is 34.1 Å². The topological polar surface area (TPSA) is 45.7 Å². The van der Waals surface area contributed by atoms with Crippen molar-refractivity contribution in [1.29, 1.82) is 0 Å². The first-order valence-electron chi connectivity index (χ1n) is 7.65. The maximum atomic E-state index is 13.4. The van der Waals surface area contributed by atoms with Gasteiger partial charge in [0.25, 0.3) is 0 Å². The Morgan fingerprint density at radius 1 is 1.41 bits per heavy atom. The van der Waals surface area contributed by atoms with Gasteiger partial charge in [-0.2, -0.15) is 0 Å². The van der Waals surface area contributed by atoms with Crippen LogP contribution in [-0.2, 0) is 11.3 Å². The van der Waals surface area contributed by atoms with Gasteiger partial charge in [-0.1, -0.05) is 6.07 Å². The molecule has 22 heavy (non-hydrogen) atoms. The summed E-state index contributed by atoms with van der Waals surface area (Å²) in [6.07, 6.45) is 3.59. The SMILES string of the molecule is CN=C(NCCCOCC1CC1)NCc1ccc(Br)c(F)c1. The Kier molecular flexibility index (Phi) is 7.12. The molecule has 1 aliphatic rings. The highest BCUT2D eigenvalue weighted by atomic mass is 79.9. The Hall–Kier alpha value is -1.14. The van der Waals surface area contributed by atoms with Gasteiger partial charge in [0.05, 0.1) is 4.47 Å². The normalized spacial score (nSPS) is 15.0. The number of nitrogens with one attached hydrogen (secondary N) is 2. The van der Waals surface area contributed by atoms with E-state index in [0.717, 1.165) is 37.7 Å². The predicted molar refractivity (Wildman–Crippen MR) is 90.5 cm³/mol. The molecule has 122 valence electrons. The van der Waals surface area contributed by atoms with E-state index in [-0.39, 0.29) is 5.82 Å². The highest BCUT2D eigenvalue weighted by Gasteiger charge is 2.20. The summed E-state index contributed by atoms with van der Waals surface area (Å²) in [4.78, 5) is 4.15. The summed E-state index contributed by atoms with van der Waals surface area (Å²) in [6.45, 7) is 3.02. The largest absolute Gasteiger partial charge is 0.381 e. The summed E-state index contributed by atoms with van der Waals surface area (Å²) in [5.74, 6) is 1.27. The highest BCUT2D eigenvalue weighted by Crippen LogP contribution is 2.28. The van der Waals surface area contributed by atoms with E-state index in [2.05, 4.69) is 31.6 Å². The van der Waals surface area contributed by atoms with Gasteiger partial charge in [0.15, 0.2) is 5.96 Å². The van der Waals surface area contributed by atoms with Crippen molar-refractivity contribution < 1.29 is 9.13 Å². The van der Waals surface area contributed by atoms with Gasteiger partial charge in [-0.15, -0.1) is 0 Å². The van der Waals surface area contributed by atoms with Crippen LogP contribution in [0.4, 0.5) is 4.39 Å². The Labute approximate surface area is 139 Å². The van der Waals surface area contributed by atoms with Crippen molar-refractivity contribution in [2.45, 2.75) is 25.8 Å². The van der Waals surface area contributed by atoms with Gasteiger partial charge < -0.3 is 15.4 Å². The number of aliphatic imine (C=N–C) groups is 1. The van der Waals surface area contributed by atoms with E-state index in [0.29, 0.717) is 17.0 Å². The Balaban J connectivity index is 1.60. The van der Waals surface area contributed by atoms with Gasteiger partial charge in [-0.05, 0) is 58.8 Å². The van der Waals surface area contributed by atoms with E-state index in [1.807, 2.05) is 6.07 Å². The molecule has 1 aliphatic carbocycles. The van der Waals surface area contributed by atoms with Crippen molar-refractivity contribution in [2.24, 2.45) is 10.9 Å². The molecule has 0 heterocycles. The first-order chi connectivity index (χ1) is 10.7. The zero-order chi connectivity index (χ0) is 15.8. The summed E-state index contributed by atoms with van der Waals surface area (Å²) >= 11 is 3.15. The molecule has 0 aliphatic heterocycles. The predicted octanol–water partition coefficient (Wildman–Crippen LogP) is 3.07. The lowest BCUT2D eigenvalue weighted by atomic mass is 10.2. The van der Waals surface area contributed by atoms with Crippen LogP contribution in [0.25, 0.3) is 0 Å². The molecule has 1 aromatic rings. The van der Waals surface area contributed by atoms with Crippen molar-refractivity contribution in [3.63, 3.8) is 0 Å². The molecule has 0 spiro atoms. The second-order valence-corrected chi connectivity index (χ2v) is 6.33. The summed E-state index contributed by atoms with van der Waals surface area (Å²) in [6, 6.07) is 5.09. The first kappa shape index (κ1) is 17.2. The van der Waals surface area contributed by atoms with Gasteiger partial charge in [0.1, 0.15) is 5.82 Å². The van der Waals surface area contributed by atoms with Crippen LogP contribution in [0.5, 0.6) is 0 Å². The number of hydrogen-bond acceptors (Lipinski definition) is 2. The van der Waals surface area contributed by atoms with Crippen LogP contribution in [0.2, 0.25) is 0 Å². The van der Waals surface area contributed by atoms with Crippen LogP contribution in [-0.4, -0.2) is 32.8 Å². The molecule has 0 saturated heterocycles. The Bertz CT molecular complexity index is 506. The lowest BCUT2D eigenvalue weighted by Gasteiger charge is -2.12. The number of guanidine groups is 1. The fourth-order valence-corrected chi connectivity index (χ4v) is 2.22. The summed E-state index contributed by atoms with van der Waals surface area (Å²) in [5.41, 5.74) is 0.872. The smallest absolute Gasteiger partial charge is 0.191 e. The molecule has 0 unspecified atom stereocenters. The van der Waals surface area contributed by atoms with Crippen LogP contribution < -0.4 is 10.6 Å². The minimum Gasteiger partial charge on any atom is -0.381 e. The fraction of sp³-hybridized carbons (Fsp3) is 0.562. The van der Waals surface area contributed by atoms with Gasteiger partial charge >= 0.3 is 0 Å². The monoisotopic (exact) mass is 371 g/mol. The standard InChI is InChI=1S/C16H23BrFN3O/c1-19-16(20-7-2-8-22-11-12-3-4-12)21-10-13-5-6-14(17)15(18)9-13/h5-6,9,12H,2-4,7-8,10-11H2,1H3,(H2,19,20,21). The molecular formula is C16H23BrFN3O. The molecule has 0 atom stereocenters. The van der Waals surface area contributed by atoms with Gasteiger partial charge in [-0.25, -0.2) is 4.39 Å². The molecule has 4 nitrogen and oxygen atoms in total. The number of halogens is 2. The first-order valence-corrected chi connectivity index (χ1v) is 8.44. The van der Waals surface area contributed by atoms with Crippen molar-refractivity contribution in [3.8, 4) is 0 Å². The lowest BCUT2D eigenvalue weighted by molar-refractivity contribution is 0.123. The summed E-state index contributed by atoms with van der Waals surface area (Å²) in [5, 5.41) is 6.39. The molecule has 0 aromatic heterocycles. The van der Waals surface area contributed by atoms with Crippen LogP contribution in [0, 0.1) is 11.7 Å². The molecule has 2 rings (SSSR count). The maximum absolute atomic E-state index is 13.4. The molecule has 0 amide bonds. The second kappa shape index (κ2) is 9.10. The Morgan fingerprint density at radius 3 is 2.91 bits per heavy atom. The number of nitrogens with zero attached hydrogens (tertiary/aromatic N) is 1. The molecule has 0 bridgehead atoms. The van der Waals surface area contributed by atoms with Crippen molar-refractivity contribution in [2.75, 3.05) is 26.8 Å². The van der Waals surface area contributed by atoms with Gasteiger partial charge in [-0.3, -0.25) is 4.99 Å². The molecule has 1 fully saturated rings. The van der Waals surface area contributed by atoms with E-state index >= 15 is 0 Å². The van der Waals surface area contributed by atoms with Crippen molar-refractivity contribution >= 4 is 21.9 Å². The highest BCUT2D eigenvalue weighted by molar-refractivity contribution is 9.10. The van der Waals surface area contributed by atoms with Gasteiger partial charge in [0.2, 0.25) is 0 Å². The molecule has 1 aromatic carbocycles. The second-order valence-electron chi connectivity index (χ2n) is 5.47. The van der Waals surface area contributed by atoms with Crippen LogP contribution >= 0.6 is 15.9 Å². The van der Waals surface area contributed by atoms with Crippen LogP contribution in [0.1, 0.15) is 24.8 Å². The van der Waals surface area contributed by atoms with E-state index < -0.39 is 0 Å². The average Bonchev–Trinajstić information content (AvgIpc) is 3.33. The fourth-order valence-electron chi connectivity index (χ4n) is 1.97. The maximum Gasteiger partial charge on any atom is 0.191 e. The zero-order valence-electron chi connectivity index (χ0n) is 12.9. The third-order valence-corrected chi connectivity index (χ3v) is 4.12. The third-order valence-electron chi connectivity index (χ3n) is 3.48. The molecule has 0 radical (unpaired) electrons. The van der Waals surface area contributed by atoms with Crippen LogP contribution in [0.15, 0.2) is 27.7 Å². The van der Waals surface area contributed by atoms with E-state index in [4.69, 9.17) is 4.74 Å². The van der Waals surface area contributed by atoms with E-state index in [9.17, 15) is 4.39 Å². The molecule has 1 saturated carbocycles.